The lowest BCUT2D eigenvalue weighted by atomic mass is 9.93. The van der Waals surface area contributed by atoms with Gasteiger partial charge in [-0.15, -0.1) is 0 Å². The quantitative estimate of drug-likeness (QED) is 0.0532. The summed E-state index contributed by atoms with van der Waals surface area (Å²) in [7, 11) is 1.91. The van der Waals surface area contributed by atoms with Crippen molar-refractivity contribution in [1.29, 1.82) is 0 Å². The van der Waals surface area contributed by atoms with Crippen molar-refractivity contribution in [1.82, 2.24) is 4.90 Å². The van der Waals surface area contributed by atoms with Crippen molar-refractivity contribution in [3.63, 3.8) is 0 Å². The maximum atomic E-state index is 12.8. The summed E-state index contributed by atoms with van der Waals surface area (Å²) in [4.78, 5) is 14.6. The Kier molecular flexibility index (Phi) is 33.0. The molecule has 3 heteroatoms. The molecule has 1 rings (SSSR count). The highest BCUT2D eigenvalue weighted by Gasteiger charge is 2.17. The third-order valence-electron chi connectivity index (χ3n) is 9.67. The predicted octanol–water partition coefficient (Wildman–Crippen LogP) is 15.3. The van der Waals surface area contributed by atoms with E-state index < -0.39 is 0 Å². The first-order chi connectivity index (χ1) is 24.7. The second-order valence-corrected chi connectivity index (χ2v) is 14.5. The average molecular weight is 690 g/mol. The number of unbranched alkanes of at least 4 members (excludes halogenated alkanes) is 18. The molecule has 1 amide bonds. The van der Waals surface area contributed by atoms with Crippen molar-refractivity contribution in [2.24, 2.45) is 5.92 Å². The van der Waals surface area contributed by atoms with Gasteiger partial charge >= 0.3 is 6.09 Å². The third kappa shape index (κ3) is 30.3. The Bertz CT molecular complexity index is 930. The predicted molar refractivity (Wildman–Crippen MR) is 221 cm³/mol. The molecular weight excluding hydrogens is 611 g/mol. The molecule has 0 spiro atoms. The highest BCUT2D eigenvalue weighted by atomic mass is 16.6. The van der Waals surface area contributed by atoms with Crippen LogP contribution in [0.3, 0.4) is 0 Å². The molecule has 0 N–H and O–H groups in total. The van der Waals surface area contributed by atoms with Crippen LogP contribution in [0.1, 0.15) is 186 Å². The average Bonchev–Trinajstić information content (AvgIpc) is 3.13. The fourth-order valence-electron chi connectivity index (χ4n) is 6.46. The van der Waals surface area contributed by atoms with Crippen LogP contribution < -0.4 is 0 Å². The molecule has 0 aliphatic carbocycles. The molecule has 0 aromatic heterocycles. The Balaban J connectivity index is 2.25. The van der Waals surface area contributed by atoms with Gasteiger partial charge in [0, 0.05) is 13.6 Å². The summed E-state index contributed by atoms with van der Waals surface area (Å²) in [5.41, 5.74) is 1.04. The van der Waals surface area contributed by atoms with Gasteiger partial charge in [-0.25, -0.2) is 4.79 Å². The van der Waals surface area contributed by atoms with Crippen LogP contribution in [0.5, 0.6) is 0 Å². The van der Waals surface area contributed by atoms with Gasteiger partial charge in [0.05, 0.1) is 0 Å². The molecule has 0 aliphatic rings. The lowest BCUT2D eigenvalue weighted by Crippen LogP contribution is -2.32. The molecule has 1 aromatic rings. The second-order valence-electron chi connectivity index (χ2n) is 14.5. The molecule has 0 saturated carbocycles. The van der Waals surface area contributed by atoms with Gasteiger partial charge in [-0.3, -0.25) is 0 Å². The number of carbonyl (C=O) groups is 1. The van der Waals surface area contributed by atoms with E-state index in [1.165, 1.54) is 154 Å². The highest BCUT2D eigenvalue weighted by Crippen LogP contribution is 2.21. The zero-order valence-electron chi connectivity index (χ0n) is 33.1. The summed E-state index contributed by atoms with van der Waals surface area (Å²) >= 11 is 0. The van der Waals surface area contributed by atoms with E-state index in [-0.39, 0.29) is 6.09 Å². The normalized spacial score (nSPS) is 12.1. The van der Waals surface area contributed by atoms with E-state index in [9.17, 15) is 4.79 Å². The molecule has 0 saturated heterocycles. The molecule has 284 valence electrons. The van der Waals surface area contributed by atoms with Crippen molar-refractivity contribution >= 4 is 6.09 Å². The van der Waals surface area contributed by atoms with Crippen molar-refractivity contribution in [2.75, 3.05) is 13.6 Å². The topological polar surface area (TPSA) is 29.5 Å². The number of ether oxygens (including phenoxy) is 1. The molecule has 0 aliphatic heterocycles. The summed E-state index contributed by atoms with van der Waals surface area (Å²) < 4.78 is 5.63. The molecule has 1 aromatic carbocycles. The first kappa shape index (κ1) is 45.5. The fraction of sp³-hybridized carbons (Fsp3) is 0.681. The number of nitrogens with zero attached hydrogens (tertiary/aromatic N) is 1. The van der Waals surface area contributed by atoms with Gasteiger partial charge < -0.3 is 9.64 Å². The molecular formula is C47H79NO2. The molecule has 50 heavy (non-hydrogen) atoms. The minimum atomic E-state index is -0.201. The standard InChI is InChI=1S/C47H79NO2/c1-4-6-8-10-12-14-16-18-20-22-24-26-28-30-32-35-39-45(43-48(3)47(49)50-44-46-41-37-34-38-42-46)40-36-33-31-29-27-25-23-21-19-17-15-13-11-9-7-5-2/h12-15,18-21,34,37-38,41-42,45H,4-11,16-17,22-33,35-36,39-40,43-44H2,1-3H3/b14-12-,15-13-,20-18-,21-19-. The van der Waals surface area contributed by atoms with Crippen LogP contribution in [-0.2, 0) is 11.3 Å². The van der Waals surface area contributed by atoms with Crippen LogP contribution in [0.2, 0.25) is 0 Å². The smallest absolute Gasteiger partial charge is 0.409 e. The number of amides is 1. The van der Waals surface area contributed by atoms with E-state index >= 15 is 0 Å². The molecule has 0 heterocycles. The summed E-state index contributed by atoms with van der Waals surface area (Å²) in [6.45, 7) is 5.67. The van der Waals surface area contributed by atoms with Crippen LogP contribution >= 0.6 is 0 Å². The summed E-state index contributed by atoms with van der Waals surface area (Å²) in [5, 5.41) is 0. The summed E-state index contributed by atoms with van der Waals surface area (Å²) in [6, 6.07) is 9.98. The SMILES string of the molecule is CCCCC/C=C\C/C=C\CCCCCCCCC(CCCCCCCC/C=C\C/C=C\CCCCC)CN(C)C(=O)OCc1ccccc1. The summed E-state index contributed by atoms with van der Waals surface area (Å²) in [6.07, 6.45) is 51.8. The van der Waals surface area contributed by atoms with Crippen molar-refractivity contribution in [3.05, 3.63) is 84.5 Å². The zero-order chi connectivity index (χ0) is 36.0. The van der Waals surface area contributed by atoms with E-state index in [1.54, 1.807) is 0 Å². The number of hydrogen-bond donors (Lipinski definition) is 0. The van der Waals surface area contributed by atoms with E-state index in [0.29, 0.717) is 12.5 Å². The molecule has 3 nitrogen and oxygen atoms in total. The Morgan fingerprint density at radius 3 is 1.40 bits per heavy atom. The van der Waals surface area contributed by atoms with Gasteiger partial charge in [0.25, 0.3) is 0 Å². The largest absolute Gasteiger partial charge is 0.445 e. The first-order valence-electron chi connectivity index (χ1n) is 21.2. The number of allylic oxidation sites excluding steroid dienone is 8. The van der Waals surface area contributed by atoms with Gasteiger partial charge in [0.1, 0.15) is 6.61 Å². The van der Waals surface area contributed by atoms with Crippen LogP contribution in [-0.4, -0.2) is 24.6 Å². The Hall–Kier alpha value is -2.55. The maximum Gasteiger partial charge on any atom is 0.409 e. The Labute approximate surface area is 311 Å². The fourth-order valence-corrected chi connectivity index (χ4v) is 6.46. The minimum Gasteiger partial charge on any atom is -0.445 e. The van der Waals surface area contributed by atoms with Crippen molar-refractivity contribution in [2.45, 2.75) is 187 Å². The Morgan fingerprint density at radius 2 is 0.960 bits per heavy atom. The number of hydrogen-bond acceptors (Lipinski definition) is 2. The number of benzene rings is 1. The lowest BCUT2D eigenvalue weighted by molar-refractivity contribution is 0.0978. The molecule has 0 radical (unpaired) electrons. The molecule has 0 bridgehead atoms. The highest BCUT2D eigenvalue weighted by molar-refractivity contribution is 5.67. The second kappa shape index (κ2) is 36.2. The van der Waals surface area contributed by atoms with Gasteiger partial charge in [-0.2, -0.15) is 0 Å². The number of carbonyl (C=O) groups excluding carboxylic acids is 1. The van der Waals surface area contributed by atoms with E-state index in [2.05, 4.69) is 62.5 Å². The van der Waals surface area contributed by atoms with Crippen LogP contribution in [0.15, 0.2) is 78.9 Å². The lowest BCUT2D eigenvalue weighted by Gasteiger charge is -2.24. The molecule has 0 atom stereocenters. The van der Waals surface area contributed by atoms with Crippen molar-refractivity contribution < 1.29 is 9.53 Å². The Morgan fingerprint density at radius 1 is 0.560 bits per heavy atom. The van der Waals surface area contributed by atoms with Crippen LogP contribution in [0.4, 0.5) is 4.79 Å². The minimum absolute atomic E-state index is 0.201. The summed E-state index contributed by atoms with van der Waals surface area (Å²) in [5.74, 6) is 0.556. The monoisotopic (exact) mass is 690 g/mol. The van der Waals surface area contributed by atoms with E-state index in [0.717, 1.165) is 24.9 Å². The number of rotatable bonds is 34. The molecule has 0 fully saturated rings. The van der Waals surface area contributed by atoms with Crippen LogP contribution in [0, 0.1) is 5.92 Å². The van der Waals surface area contributed by atoms with E-state index in [1.807, 2.05) is 42.3 Å². The van der Waals surface area contributed by atoms with Crippen LogP contribution in [0.25, 0.3) is 0 Å². The third-order valence-corrected chi connectivity index (χ3v) is 9.67. The van der Waals surface area contributed by atoms with Gasteiger partial charge in [0.2, 0.25) is 0 Å². The van der Waals surface area contributed by atoms with Gasteiger partial charge in [-0.05, 0) is 88.5 Å². The van der Waals surface area contributed by atoms with Crippen molar-refractivity contribution in [3.8, 4) is 0 Å². The van der Waals surface area contributed by atoms with E-state index in [4.69, 9.17) is 4.74 Å². The zero-order valence-corrected chi connectivity index (χ0v) is 33.1. The molecule has 0 unspecified atom stereocenters. The maximum absolute atomic E-state index is 12.8. The van der Waals surface area contributed by atoms with Gasteiger partial charge in [-0.1, -0.05) is 183 Å². The van der Waals surface area contributed by atoms with Gasteiger partial charge in [0.15, 0.2) is 0 Å². The first-order valence-corrected chi connectivity index (χ1v) is 21.2.